The number of benzene rings is 1. The molecule has 2 nitrogen and oxygen atoms in total. The van der Waals surface area contributed by atoms with Gasteiger partial charge in [0, 0.05) is 11.7 Å². The molecule has 7 heteroatoms. The summed E-state index contributed by atoms with van der Waals surface area (Å²) in [7, 11) is 0. The third-order valence-corrected chi connectivity index (χ3v) is 2.17. The molecule has 0 saturated heterocycles. The van der Waals surface area contributed by atoms with Crippen molar-refractivity contribution in [3.05, 3.63) is 29.3 Å². The zero-order valence-corrected chi connectivity index (χ0v) is 10.8. The third-order valence-electron chi connectivity index (χ3n) is 2.17. The highest BCUT2D eigenvalue weighted by atomic mass is 35.5. The number of nitrogen functional groups attached to an aromatic ring is 1. The van der Waals surface area contributed by atoms with Crippen LogP contribution in [-0.4, -0.2) is 0 Å². The van der Waals surface area contributed by atoms with E-state index in [1.807, 2.05) is 0 Å². The molecule has 0 aromatic heterocycles. The predicted octanol–water partition coefficient (Wildman–Crippen LogP) is 3.54. The molecule has 100 valence electrons. The van der Waals surface area contributed by atoms with E-state index < -0.39 is 17.8 Å². The standard InChI is InChI=1S/C10H13F3N2.2ClH/c1-2-9(15)6-3-7(10(11,12)13)5-8(14)4-6;;/h3-5,9H,2,14-15H2,1H3;2*1H. The van der Waals surface area contributed by atoms with E-state index in [-0.39, 0.29) is 30.5 Å². The van der Waals surface area contributed by atoms with Gasteiger partial charge in [0.25, 0.3) is 0 Å². The molecule has 0 fully saturated rings. The molecule has 0 radical (unpaired) electrons. The monoisotopic (exact) mass is 290 g/mol. The molecule has 0 bridgehead atoms. The molecule has 0 saturated carbocycles. The van der Waals surface area contributed by atoms with Gasteiger partial charge in [-0.05, 0) is 30.2 Å². The van der Waals surface area contributed by atoms with Crippen LogP contribution in [0.1, 0.15) is 30.5 Å². The second kappa shape index (κ2) is 6.93. The summed E-state index contributed by atoms with van der Waals surface area (Å²) >= 11 is 0. The van der Waals surface area contributed by atoms with Crippen molar-refractivity contribution in [2.45, 2.75) is 25.6 Å². The summed E-state index contributed by atoms with van der Waals surface area (Å²) in [5, 5.41) is 0. The highest BCUT2D eigenvalue weighted by molar-refractivity contribution is 5.85. The lowest BCUT2D eigenvalue weighted by Crippen LogP contribution is -2.12. The lowest BCUT2D eigenvalue weighted by Gasteiger charge is -2.14. The minimum Gasteiger partial charge on any atom is -0.399 e. The smallest absolute Gasteiger partial charge is 0.399 e. The van der Waals surface area contributed by atoms with Gasteiger partial charge >= 0.3 is 6.18 Å². The Balaban J connectivity index is 0. The summed E-state index contributed by atoms with van der Waals surface area (Å²) in [6.45, 7) is 1.81. The first kappa shape index (κ1) is 18.7. The molecule has 0 amide bonds. The van der Waals surface area contributed by atoms with Gasteiger partial charge in [-0.2, -0.15) is 13.2 Å². The van der Waals surface area contributed by atoms with Crippen LogP contribution in [0.15, 0.2) is 18.2 Å². The lowest BCUT2D eigenvalue weighted by atomic mass is 10.0. The van der Waals surface area contributed by atoms with Crippen LogP contribution in [0.3, 0.4) is 0 Å². The Labute approximate surface area is 110 Å². The van der Waals surface area contributed by atoms with Crippen LogP contribution in [0.2, 0.25) is 0 Å². The maximum Gasteiger partial charge on any atom is 0.416 e. The molecule has 1 atom stereocenters. The van der Waals surface area contributed by atoms with Gasteiger partial charge in [0.15, 0.2) is 0 Å². The highest BCUT2D eigenvalue weighted by Gasteiger charge is 2.31. The Bertz CT molecular complexity index is 356. The van der Waals surface area contributed by atoms with Crippen LogP contribution in [0.4, 0.5) is 18.9 Å². The molecule has 1 aromatic carbocycles. The molecule has 1 unspecified atom stereocenters. The van der Waals surface area contributed by atoms with E-state index in [4.69, 9.17) is 11.5 Å². The summed E-state index contributed by atoms with van der Waals surface area (Å²) in [5.41, 5.74) is 10.8. The molecule has 0 heterocycles. The van der Waals surface area contributed by atoms with Crippen LogP contribution < -0.4 is 11.5 Å². The normalized spacial score (nSPS) is 12.3. The molecule has 0 aliphatic carbocycles. The number of halogens is 5. The quantitative estimate of drug-likeness (QED) is 0.819. The lowest BCUT2D eigenvalue weighted by molar-refractivity contribution is -0.137. The van der Waals surface area contributed by atoms with Crippen molar-refractivity contribution in [3.63, 3.8) is 0 Å². The average Bonchev–Trinajstić information content (AvgIpc) is 2.14. The van der Waals surface area contributed by atoms with Crippen molar-refractivity contribution < 1.29 is 13.2 Å². The second-order valence-electron chi connectivity index (χ2n) is 3.40. The first-order valence-electron chi connectivity index (χ1n) is 4.58. The van der Waals surface area contributed by atoms with E-state index in [9.17, 15) is 13.2 Å². The van der Waals surface area contributed by atoms with Crippen molar-refractivity contribution in [3.8, 4) is 0 Å². The van der Waals surface area contributed by atoms with Crippen molar-refractivity contribution in [2.24, 2.45) is 5.73 Å². The average molecular weight is 291 g/mol. The van der Waals surface area contributed by atoms with Gasteiger partial charge < -0.3 is 11.5 Å². The molecular weight excluding hydrogens is 276 g/mol. The van der Waals surface area contributed by atoms with Crippen LogP contribution in [0, 0.1) is 0 Å². The first-order valence-corrected chi connectivity index (χ1v) is 4.58. The predicted molar refractivity (Wildman–Crippen MR) is 67.6 cm³/mol. The van der Waals surface area contributed by atoms with Crippen LogP contribution in [0.25, 0.3) is 0 Å². The molecule has 0 aliphatic heterocycles. The number of nitrogens with two attached hydrogens (primary N) is 2. The SMILES string of the molecule is CCC(N)c1cc(N)cc(C(F)(F)F)c1.Cl.Cl. The van der Waals surface area contributed by atoms with E-state index >= 15 is 0 Å². The van der Waals surface area contributed by atoms with E-state index in [2.05, 4.69) is 0 Å². The number of rotatable bonds is 2. The third kappa shape index (κ3) is 5.02. The van der Waals surface area contributed by atoms with Crippen LogP contribution >= 0.6 is 24.8 Å². The van der Waals surface area contributed by atoms with Gasteiger partial charge in [-0.25, -0.2) is 0 Å². The van der Waals surface area contributed by atoms with Gasteiger partial charge in [0.1, 0.15) is 0 Å². The maximum absolute atomic E-state index is 12.4. The largest absolute Gasteiger partial charge is 0.416 e. The van der Waals surface area contributed by atoms with Gasteiger partial charge in [-0.1, -0.05) is 6.92 Å². The maximum atomic E-state index is 12.4. The van der Waals surface area contributed by atoms with Gasteiger partial charge in [-0.15, -0.1) is 24.8 Å². The van der Waals surface area contributed by atoms with Crippen molar-refractivity contribution in [1.29, 1.82) is 0 Å². The summed E-state index contributed by atoms with van der Waals surface area (Å²) < 4.78 is 37.3. The van der Waals surface area contributed by atoms with E-state index in [1.165, 1.54) is 6.07 Å². The second-order valence-corrected chi connectivity index (χ2v) is 3.40. The van der Waals surface area contributed by atoms with Crippen molar-refractivity contribution in [1.82, 2.24) is 0 Å². The minimum atomic E-state index is -4.38. The first-order chi connectivity index (χ1) is 6.84. The number of alkyl halides is 3. The Morgan fingerprint density at radius 3 is 2.12 bits per heavy atom. The van der Waals surface area contributed by atoms with Crippen molar-refractivity contribution in [2.75, 3.05) is 5.73 Å². The molecule has 0 aliphatic rings. The molecular formula is C10H15Cl2F3N2. The zero-order valence-electron chi connectivity index (χ0n) is 9.12. The van der Waals surface area contributed by atoms with Gasteiger partial charge in [0.2, 0.25) is 0 Å². The van der Waals surface area contributed by atoms with Crippen molar-refractivity contribution >= 4 is 30.5 Å². The Kier molecular flexibility index (Phi) is 7.63. The van der Waals surface area contributed by atoms with E-state index in [0.717, 1.165) is 12.1 Å². The zero-order chi connectivity index (χ0) is 11.6. The highest BCUT2D eigenvalue weighted by Crippen LogP contribution is 2.32. The Morgan fingerprint density at radius 2 is 1.71 bits per heavy atom. The van der Waals surface area contributed by atoms with E-state index in [0.29, 0.717) is 12.0 Å². The summed E-state index contributed by atoms with van der Waals surface area (Å²) in [4.78, 5) is 0. The fourth-order valence-corrected chi connectivity index (χ4v) is 1.29. The van der Waals surface area contributed by atoms with Crippen LogP contribution in [0.5, 0.6) is 0 Å². The topological polar surface area (TPSA) is 52.0 Å². The molecule has 1 aromatic rings. The Hall–Kier alpha value is -0.650. The van der Waals surface area contributed by atoms with Crippen LogP contribution in [-0.2, 0) is 6.18 Å². The number of anilines is 1. The summed E-state index contributed by atoms with van der Waals surface area (Å²) in [6.07, 6.45) is -3.81. The van der Waals surface area contributed by atoms with E-state index in [1.54, 1.807) is 6.92 Å². The Morgan fingerprint density at radius 1 is 1.18 bits per heavy atom. The number of hydrogen-bond donors (Lipinski definition) is 2. The molecule has 4 N–H and O–H groups in total. The van der Waals surface area contributed by atoms with Gasteiger partial charge in [-0.3, -0.25) is 0 Å². The summed E-state index contributed by atoms with van der Waals surface area (Å²) in [5.74, 6) is 0. The minimum absolute atomic E-state index is 0. The fourth-order valence-electron chi connectivity index (χ4n) is 1.29. The number of hydrogen-bond acceptors (Lipinski definition) is 2. The fraction of sp³-hybridized carbons (Fsp3) is 0.400. The summed E-state index contributed by atoms with van der Waals surface area (Å²) in [6, 6.07) is 3.02. The molecule has 1 rings (SSSR count). The molecule has 17 heavy (non-hydrogen) atoms. The van der Waals surface area contributed by atoms with Gasteiger partial charge in [0.05, 0.1) is 5.56 Å². The molecule has 0 spiro atoms.